The number of rotatable bonds is 5. The molecule has 5 heteroatoms. The number of nitro groups is 1. The molecule has 2 rings (SSSR count). The Morgan fingerprint density at radius 3 is 3.00 bits per heavy atom. The maximum atomic E-state index is 10.9. The summed E-state index contributed by atoms with van der Waals surface area (Å²) in [5, 5.41) is 13.9. The van der Waals surface area contributed by atoms with Crippen molar-refractivity contribution in [3.8, 4) is 0 Å². The van der Waals surface area contributed by atoms with Crippen molar-refractivity contribution in [2.75, 3.05) is 11.9 Å². The average Bonchev–Trinajstić information content (AvgIpc) is 2.82. The van der Waals surface area contributed by atoms with Gasteiger partial charge < -0.3 is 5.32 Å². The molecule has 0 aromatic carbocycles. The molecule has 0 bridgehead atoms. The first-order chi connectivity index (χ1) is 8.66. The van der Waals surface area contributed by atoms with Gasteiger partial charge in [0.25, 0.3) is 0 Å². The lowest BCUT2D eigenvalue weighted by Gasteiger charge is -2.07. The second-order valence-corrected chi connectivity index (χ2v) is 4.51. The second-order valence-electron chi connectivity index (χ2n) is 4.51. The van der Waals surface area contributed by atoms with E-state index in [4.69, 9.17) is 0 Å². The predicted molar refractivity (Wildman–Crippen MR) is 70.7 cm³/mol. The smallest absolute Gasteiger partial charge is 0.311 e. The van der Waals surface area contributed by atoms with Crippen LogP contribution in [0.4, 0.5) is 11.5 Å². The Morgan fingerprint density at radius 2 is 2.33 bits per heavy atom. The van der Waals surface area contributed by atoms with E-state index in [1.54, 1.807) is 6.07 Å². The van der Waals surface area contributed by atoms with E-state index >= 15 is 0 Å². The molecule has 0 unspecified atom stereocenters. The van der Waals surface area contributed by atoms with Crippen molar-refractivity contribution in [1.29, 1.82) is 0 Å². The summed E-state index contributed by atoms with van der Waals surface area (Å²) >= 11 is 0. The first-order valence-electron chi connectivity index (χ1n) is 6.20. The molecule has 0 saturated heterocycles. The SMILES string of the molecule is Cc1ccc([N+](=O)[O-])c(NCCC2=CCCC2)n1. The minimum absolute atomic E-state index is 0.0426. The van der Waals surface area contributed by atoms with Crippen molar-refractivity contribution >= 4 is 11.5 Å². The molecule has 0 saturated carbocycles. The molecule has 0 aliphatic heterocycles. The van der Waals surface area contributed by atoms with E-state index in [0.29, 0.717) is 12.4 Å². The number of aryl methyl sites for hydroxylation is 1. The summed E-state index contributed by atoms with van der Waals surface area (Å²) in [6.07, 6.45) is 6.76. The number of anilines is 1. The molecule has 1 aromatic heterocycles. The fourth-order valence-electron chi connectivity index (χ4n) is 2.13. The molecule has 5 nitrogen and oxygen atoms in total. The summed E-state index contributed by atoms with van der Waals surface area (Å²) < 4.78 is 0. The van der Waals surface area contributed by atoms with Crippen molar-refractivity contribution in [2.45, 2.75) is 32.6 Å². The minimum Gasteiger partial charge on any atom is -0.364 e. The van der Waals surface area contributed by atoms with Crippen LogP contribution in [0.5, 0.6) is 0 Å². The van der Waals surface area contributed by atoms with Gasteiger partial charge in [-0.2, -0.15) is 0 Å². The van der Waals surface area contributed by atoms with Crippen molar-refractivity contribution < 1.29 is 4.92 Å². The number of hydrogen-bond acceptors (Lipinski definition) is 4. The summed E-state index contributed by atoms with van der Waals surface area (Å²) in [5.41, 5.74) is 2.27. The molecular formula is C13H17N3O2. The molecule has 1 aliphatic carbocycles. The molecular weight excluding hydrogens is 230 g/mol. The molecule has 0 fully saturated rings. The molecule has 1 aliphatic rings. The highest BCUT2D eigenvalue weighted by molar-refractivity contribution is 5.56. The standard InChI is InChI=1S/C13H17N3O2/c1-10-6-7-12(16(17)18)13(15-10)14-9-8-11-4-2-3-5-11/h4,6-7H,2-3,5,8-9H2,1H3,(H,14,15). The molecule has 1 aromatic rings. The van der Waals surface area contributed by atoms with Gasteiger partial charge in [-0.25, -0.2) is 4.98 Å². The summed E-state index contributed by atoms with van der Waals surface area (Å²) in [5.74, 6) is 0.374. The molecule has 0 spiro atoms. The predicted octanol–water partition coefficient (Wildman–Crippen LogP) is 3.21. The van der Waals surface area contributed by atoms with Gasteiger partial charge in [0.2, 0.25) is 5.82 Å². The molecule has 1 N–H and O–H groups in total. The Labute approximate surface area is 106 Å². The Morgan fingerprint density at radius 1 is 1.50 bits per heavy atom. The monoisotopic (exact) mass is 247 g/mol. The van der Waals surface area contributed by atoms with Crippen LogP contribution in [0.15, 0.2) is 23.8 Å². The van der Waals surface area contributed by atoms with Crippen molar-refractivity contribution in [2.24, 2.45) is 0 Å². The van der Waals surface area contributed by atoms with Gasteiger partial charge in [0, 0.05) is 18.3 Å². The normalized spacial score (nSPS) is 14.4. The van der Waals surface area contributed by atoms with Crippen LogP contribution in [-0.2, 0) is 0 Å². The fourth-order valence-corrected chi connectivity index (χ4v) is 2.13. The third kappa shape index (κ3) is 3.06. The van der Waals surface area contributed by atoms with Gasteiger partial charge in [0.15, 0.2) is 0 Å². The Hall–Kier alpha value is -1.91. The third-order valence-corrected chi connectivity index (χ3v) is 3.08. The van der Waals surface area contributed by atoms with Gasteiger partial charge >= 0.3 is 5.69 Å². The highest BCUT2D eigenvalue weighted by Crippen LogP contribution is 2.23. The van der Waals surface area contributed by atoms with Crippen LogP contribution in [0, 0.1) is 17.0 Å². The van der Waals surface area contributed by atoms with Gasteiger partial charge in [-0.3, -0.25) is 10.1 Å². The molecule has 0 amide bonds. The topological polar surface area (TPSA) is 68.1 Å². The Balaban J connectivity index is 1.99. The maximum Gasteiger partial charge on any atom is 0.311 e. The number of hydrogen-bond donors (Lipinski definition) is 1. The third-order valence-electron chi connectivity index (χ3n) is 3.08. The van der Waals surface area contributed by atoms with Crippen molar-refractivity contribution in [1.82, 2.24) is 4.98 Å². The quantitative estimate of drug-likeness (QED) is 0.493. The second kappa shape index (κ2) is 5.62. The summed E-state index contributed by atoms with van der Waals surface area (Å²) in [4.78, 5) is 14.7. The van der Waals surface area contributed by atoms with Crippen LogP contribution in [0.25, 0.3) is 0 Å². The minimum atomic E-state index is -0.399. The number of pyridine rings is 1. The number of aromatic nitrogens is 1. The van der Waals surface area contributed by atoms with Crippen LogP contribution in [0.3, 0.4) is 0 Å². The van der Waals surface area contributed by atoms with E-state index in [1.807, 2.05) is 6.92 Å². The zero-order valence-corrected chi connectivity index (χ0v) is 10.5. The van der Waals surface area contributed by atoms with Gasteiger partial charge in [-0.05, 0) is 38.7 Å². The van der Waals surface area contributed by atoms with E-state index in [-0.39, 0.29) is 5.69 Å². The van der Waals surface area contributed by atoms with E-state index in [0.717, 1.165) is 25.0 Å². The largest absolute Gasteiger partial charge is 0.364 e. The first kappa shape index (κ1) is 12.5. The first-order valence-corrected chi connectivity index (χ1v) is 6.20. The highest BCUT2D eigenvalue weighted by atomic mass is 16.6. The van der Waals surface area contributed by atoms with Gasteiger partial charge in [0.05, 0.1) is 4.92 Å². The molecule has 18 heavy (non-hydrogen) atoms. The Kier molecular flexibility index (Phi) is 3.92. The average molecular weight is 247 g/mol. The van der Waals surface area contributed by atoms with E-state index < -0.39 is 4.92 Å². The zero-order valence-electron chi connectivity index (χ0n) is 10.5. The van der Waals surface area contributed by atoms with E-state index in [2.05, 4.69) is 16.4 Å². The number of allylic oxidation sites excluding steroid dienone is 1. The van der Waals surface area contributed by atoms with Crippen LogP contribution < -0.4 is 5.32 Å². The molecule has 96 valence electrons. The van der Waals surface area contributed by atoms with Gasteiger partial charge in [-0.15, -0.1) is 0 Å². The summed E-state index contributed by atoms with van der Waals surface area (Å²) in [6, 6.07) is 3.16. The summed E-state index contributed by atoms with van der Waals surface area (Å²) in [7, 11) is 0. The lowest BCUT2D eigenvalue weighted by Crippen LogP contribution is -2.07. The van der Waals surface area contributed by atoms with Gasteiger partial charge in [0.1, 0.15) is 0 Å². The van der Waals surface area contributed by atoms with Crippen molar-refractivity contribution in [3.63, 3.8) is 0 Å². The van der Waals surface area contributed by atoms with E-state index in [1.165, 1.54) is 18.1 Å². The highest BCUT2D eigenvalue weighted by Gasteiger charge is 2.14. The lowest BCUT2D eigenvalue weighted by molar-refractivity contribution is -0.384. The lowest BCUT2D eigenvalue weighted by atomic mass is 10.2. The fraction of sp³-hybridized carbons (Fsp3) is 0.462. The zero-order chi connectivity index (χ0) is 13.0. The van der Waals surface area contributed by atoms with Gasteiger partial charge in [-0.1, -0.05) is 11.6 Å². The van der Waals surface area contributed by atoms with Crippen LogP contribution in [-0.4, -0.2) is 16.5 Å². The van der Waals surface area contributed by atoms with Crippen LogP contribution >= 0.6 is 0 Å². The number of nitrogens with one attached hydrogen (secondary N) is 1. The molecule has 0 atom stereocenters. The van der Waals surface area contributed by atoms with Crippen molar-refractivity contribution in [3.05, 3.63) is 39.6 Å². The molecule has 0 radical (unpaired) electrons. The van der Waals surface area contributed by atoms with Crippen LogP contribution in [0.2, 0.25) is 0 Å². The Bertz CT molecular complexity index is 483. The molecule has 1 heterocycles. The maximum absolute atomic E-state index is 10.9. The summed E-state index contributed by atoms with van der Waals surface area (Å²) in [6.45, 7) is 2.53. The number of nitrogens with zero attached hydrogens (tertiary/aromatic N) is 2. The van der Waals surface area contributed by atoms with Crippen LogP contribution in [0.1, 0.15) is 31.4 Å². The van der Waals surface area contributed by atoms with E-state index in [9.17, 15) is 10.1 Å².